The molecule has 0 radical (unpaired) electrons. The molecule has 2 amide bonds. The van der Waals surface area contributed by atoms with Gasteiger partial charge in [-0.1, -0.05) is 18.9 Å². The smallest absolute Gasteiger partial charge is 0.266 e. The van der Waals surface area contributed by atoms with E-state index in [0.717, 1.165) is 44.1 Å². The normalized spacial score (nSPS) is 17.6. The number of benzene rings is 1. The Balaban J connectivity index is 1.52. The molecular weight excluding hydrogens is 446 g/mol. The third-order valence-electron chi connectivity index (χ3n) is 5.95. The molecule has 1 saturated carbocycles. The zero-order valence-electron chi connectivity index (χ0n) is 18.4. The van der Waals surface area contributed by atoms with Crippen LogP contribution in [0.1, 0.15) is 59.3 Å². The van der Waals surface area contributed by atoms with E-state index in [1.54, 1.807) is 35.5 Å². The Morgan fingerprint density at radius 3 is 2.31 bits per heavy atom. The van der Waals surface area contributed by atoms with Crippen LogP contribution in [0.3, 0.4) is 0 Å². The van der Waals surface area contributed by atoms with Crippen molar-refractivity contribution in [2.45, 2.75) is 57.3 Å². The number of aryl methyl sites for hydroxylation is 2. The average Bonchev–Trinajstić information content (AvgIpc) is 3.56. The molecule has 0 bridgehead atoms. The van der Waals surface area contributed by atoms with Crippen molar-refractivity contribution in [1.82, 2.24) is 4.31 Å². The summed E-state index contributed by atoms with van der Waals surface area (Å²) in [6, 6.07) is 6.78. The predicted molar refractivity (Wildman–Crippen MR) is 127 cm³/mol. The number of rotatable bonds is 6. The SMILES string of the molecule is Cc1ccc(NC(=O)c2sc(NC(=O)C3CC3)cc2C)cc1S(=O)(=O)N1CCCCCC1. The molecule has 172 valence electrons. The Morgan fingerprint density at radius 2 is 1.66 bits per heavy atom. The van der Waals surface area contributed by atoms with Crippen molar-refractivity contribution in [3.05, 3.63) is 40.3 Å². The van der Waals surface area contributed by atoms with Crippen LogP contribution in [0.15, 0.2) is 29.2 Å². The highest BCUT2D eigenvalue weighted by atomic mass is 32.2. The minimum Gasteiger partial charge on any atom is -0.321 e. The van der Waals surface area contributed by atoms with Gasteiger partial charge < -0.3 is 10.6 Å². The van der Waals surface area contributed by atoms with Gasteiger partial charge in [-0.25, -0.2) is 8.42 Å². The number of hydrogen-bond acceptors (Lipinski definition) is 5. The number of hydrogen-bond donors (Lipinski definition) is 2. The second-order valence-electron chi connectivity index (χ2n) is 8.64. The Bertz CT molecular complexity index is 1130. The summed E-state index contributed by atoms with van der Waals surface area (Å²) in [6.45, 7) is 4.65. The zero-order valence-corrected chi connectivity index (χ0v) is 20.1. The van der Waals surface area contributed by atoms with Gasteiger partial charge in [0.1, 0.15) is 0 Å². The number of anilines is 2. The van der Waals surface area contributed by atoms with Gasteiger partial charge in [-0.05, 0) is 68.9 Å². The first-order valence-electron chi connectivity index (χ1n) is 11.1. The molecule has 1 aromatic heterocycles. The number of carbonyl (C=O) groups excluding carboxylic acids is 2. The van der Waals surface area contributed by atoms with Crippen LogP contribution in [0.4, 0.5) is 10.7 Å². The van der Waals surface area contributed by atoms with Crippen LogP contribution in [0.2, 0.25) is 0 Å². The number of amides is 2. The van der Waals surface area contributed by atoms with Crippen molar-refractivity contribution in [2.75, 3.05) is 23.7 Å². The molecule has 32 heavy (non-hydrogen) atoms. The fraction of sp³-hybridized carbons (Fsp3) is 0.478. The summed E-state index contributed by atoms with van der Waals surface area (Å²) in [7, 11) is -3.62. The lowest BCUT2D eigenvalue weighted by molar-refractivity contribution is -0.117. The Hall–Kier alpha value is -2.23. The van der Waals surface area contributed by atoms with E-state index in [-0.39, 0.29) is 22.6 Å². The molecule has 1 aromatic carbocycles. The van der Waals surface area contributed by atoms with Crippen molar-refractivity contribution in [1.29, 1.82) is 0 Å². The maximum atomic E-state index is 13.3. The van der Waals surface area contributed by atoms with Crippen molar-refractivity contribution < 1.29 is 18.0 Å². The topological polar surface area (TPSA) is 95.6 Å². The van der Waals surface area contributed by atoms with Gasteiger partial charge in [0.15, 0.2) is 0 Å². The summed E-state index contributed by atoms with van der Waals surface area (Å²) >= 11 is 1.23. The number of nitrogens with one attached hydrogen (secondary N) is 2. The first kappa shape index (κ1) is 22.9. The molecule has 2 N–H and O–H groups in total. The number of nitrogens with zero attached hydrogens (tertiary/aromatic N) is 1. The molecule has 7 nitrogen and oxygen atoms in total. The van der Waals surface area contributed by atoms with Crippen molar-refractivity contribution in [3.63, 3.8) is 0 Å². The molecule has 0 spiro atoms. The van der Waals surface area contributed by atoms with E-state index >= 15 is 0 Å². The summed E-state index contributed by atoms with van der Waals surface area (Å²) in [4.78, 5) is 25.6. The fourth-order valence-electron chi connectivity index (χ4n) is 3.90. The highest BCUT2D eigenvalue weighted by Crippen LogP contribution is 2.33. The lowest BCUT2D eigenvalue weighted by atomic mass is 10.2. The molecule has 4 rings (SSSR count). The predicted octanol–water partition coefficient (Wildman–Crippen LogP) is 4.53. The van der Waals surface area contributed by atoms with E-state index in [2.05, 4.69) is 10.6 Å². The van der Waals surface area contributed by atoms with Crippen molar-refractivity contribution in [3.8, 4) is 0 Å². The number of carbonyl (C=O) groups is 2. The van der Waals surface area contributed by atoms with Crippen LogP contribution >= 0.6 is 11.3 Å². The molecule has 2 heterocycles. The molecule has 2 aromatic rings. The van der Waals surface area contributed by atoms with Crippen LogP contribution in [0, 0.1) is 19.8 Å². The van der Waals surface area contributed by atoms with Gasteiger partial charge in [0.05, 0.1) is 14.8 Å². The Kier molecular flexibility index (Phi) is 6.69. The largest absolute Gasteiger partial charge is 0.321 e. The van der Waals surface area contributed by atoms with Crippen LogP contribution < -0.4 is 10.6 Å². The second-order valence-corrected chi connectivity index (χ2v) is 11.6. The summed E-state index contributed by atoms with van der Waals surface area (Å²) in [6.07, 6.45) is 5.66. The highest BCUT2D eigenvalue weighted by Gasteiger charge is 2.30. The quantitative estimate of drug-likeness (QED) is 0.642. The molecular formula is C23H29N3O4S2. The van der Waals surface area contributed by atoms with Gasteiger partial charge in [0, 0.05) is 24.7 Å². The Morgan fingerprint density at radius 1 is 0.969 bits per heavy atom. The van der Waals surface area contributed by atoms with E-state index < -0.39 is 10.0 Å². The molecule has 2 aliphatic rings. The van der Waals surface area contributed by atoms with Gasteiger partial charge >= 0.3 is 0 Å². The fourth-order valence-corrected chi connectivity index (χ4v) is 6.64. The lowest BCUT2D eigenvalue weighted by Crippen LogP contribution is -2.32. The van der Waals surface area contributed by atoms with Gasteiger partial charge in [-0.15, -0.1) is 11.3 Å². The van der Waals surface area contributed by atoms with Gasteiger partial charge in [-0.3, -0.25) is 9.59 Å². The third-order valence-corrected chi connectivity index (χ3v) is 9.14. The number of sulfonamides is 1. The molecule has 0 unspecified atom stereocenters. The summed E-state index contributed by atoms with van der Waals surface area (Å²) in [5.74, 6) is -0.228. The van der Waals surface area contributed by atoms with E-state index in [4.69, 9.17) is 0 Å². The maximum absolute atomic E-state index is 13.3. The first-order chi connectivity index (χ1) is 15.3. The first-order valence-corrected chi connectivity index (χ1v) is 13.3. The lowest BCUT2D eigenvalue weighted by Gasteiger charge is -2.21. The summed E-state index contributed by atoms with van der Waals surface area (Å²) < 4.78 is 28.1. The molecule has 1 aliphatic carbocycles. The standard InChI is InChI=1S/C23H29N3O4S2/c1-15-7-10-18(14-19(15)32(29,30)26-11-5-3-4-6-12-26)24-23(28)21-16(2)13-20(31-21)25-22(27)17-8-9-17/h7,10,13-14,17H,3-6,8-9,11-12H2,1-2H3,(H,24,28)(H,25,27). The van der Waals surface area contributed by atoms with E-state index in [9.17, 15) is 18.0 Å². The molecule has 2 fully saturated rings. The summed E-state index contributed by atoms with van der Waals surface area (Å²) in [5.41, 5.74) is 1.86. The summed E-state index contributed by atoms with van der Waals surface area (Å²) in [5, 5.41) is 6.36. The van der Waals surface area contributed by atoms with E-state index in [0.29, 0.717) is 34.2 Å². The van der Waals surface area contributed by atoms with Gasteiger partial charge in [0.25, 0.3) is 5.91 Å². The van der Waals surface area contributed by atoms with Crippen LogP contribution in [0.5, 0.6) is 0 Å². The van der Waals surface area contributed by atoms with E-state index in [1.807, 2.05) is 6.92 Å². The zero-order chi connectivity index (χ0) is 22.9. The average molecular weight is 476 g/mol. The van der Waals surface area contributed by atoms with E-state index in [1.165, 1.54) is 11.3 Å². The third kappa shape index (κ3) is 5.05. The van der Waals surface area contributed by atoms with Crippen LogP contribution in [-0.2, 0) is 14.8 Å². The Labute approximate surface area is 193 Å². The maximum Gasteiger partial charge on any atom is 0.266 e. The minimum atomic E-state index is -3.62. The minimum absolute atomic E-state index is 0.0000962. The van der Waals surface area contributed by atoms with Crippen molar-refractivity contribution in [2.24, 2.45) is 5.92 Å². The molecule has 1 saturated heterocycles. The molecule has 1 aliphatic heterocycles. The van der Waals surface area contributed by atoms with Gasteiger partial charge in [0.2, 0.25) is 15.9 Å². The highest BCUT2D eigenvalue weighted by molar-refractivity contribution is 7.89. The second kappa shape index (κ2) is 9.33. The van der Waals surface area contributed by atoms with Crippen molar-refractivity contribution >= 4 is 43.9 Å². The van der Waals surface area contributed by atoms with Gasteiger partial charge in [-0.2, -0.15) is 4.31 Å². The van der Waals surface area contributed by atoms with Crippen LogP contribution in [0.25, 0.3) is 0 Å². The molecule has 0 atom stereocenters. The van der Waals surface area contributed by atoms with Crippen LogP contribution in [-0.4, -0.2) is 37.6 Å². The molecule has 9 heteroatoms. The monoisotopic (exact) mass is 475 g/mol. The number of thiophene rings is 1.